The number of thiazole rings is 1. The molecule has 1 aromatic heterocycles. The van der Waals surface area contributed by atoms with Crippen molar-refractivity contribution in [3.8, 4) is 0 Å². The third-order valence-electron chi connectivity index (χ3n) is 4.52. The van der Waals surface area contributed by atoms with E-state index in [1.165, 1.54) is 16.2 Å². The third kappa shape index (κ3) is 4.23. The number of carbonyl (C=O) groups excluding carboxylic acids is 1. The van der Waals surface area contributed by atoms with E-state index in [9.17, 15) is 4.79 Å². The Labute approximate surface area is 163 Å². The first-order valence-electron chi connectivity index (χ1n) is 8.89. The molecule has 0 bridgehead atoms. The van der Waals surface area contributed by atoms with Crippen molar-refractivity contribution < 1.29 is 9.69 Å². The molecule has 0 spiro atoms. The first kappa shape index (κ1) is 18.8. The number of benzene rings is 2. The zero-order valence-corrected chi connectivity index (χ0v) is 16.6. The molecule has 1 heterocycles. The number of likely N-dealkylation sites (N-methyl/N-ethyl adjacent to an activating group) is 1. The van der Waals surface area contributed by atoms with Gasteiger partial charge in [0.25, 0.3) is 5.91 Å². The fourth-order valence-electron chi connectivity index (χ4n) is 2.90. The van der Waals surface area contributed by atoms with Crippen LogP contribution in [0.25, 0.3) is 10.2 Å². The van der Waals surface area contributed by atoms with Gasteiger partial charge in [-0.3, -0.25) is 9.69 Å². The van der Waals surface area contributed by atoms with E-state index in [0.717, 1.165) is 35.0 Å². The van der Waals surface area contributed by atoms with Crippen molar-refractivity contribution >= 4 is 44.2 Å². The van der Waals surface area contributed by atoms with E-state index in [4.69, 9.17) is 11.6 Å². The fourth-order valence-corrected chi connectivity index (χ4v) is 4.16. The molecule has 3 aromatic rings. The van der Waals surface area contributed by atoms with Gasteiger partial charge in [0, 0.05) is 10.6 Å². The smallest absolute Gasteiger partial charge is 0.260 e. The molecule has 0 aliphatic rings. The molecule has 2 aromatic carbocycles. The van der Waals surface area contributed by atoms with Gasteiger partial charge < -0.3 is 4.90 Å². The van der Waals surface area contributed by atoms with Gasteiger partial charge in [0.05, 0.1) is 36.4 Å². The van der Waals surface area contributed by atoms with E-state index in [0.29, 0.717) is 17.1 Å². The maximum Gasteiger partial charge on any atom is 0.260 e. The minimum Gasteiger partial charge on any atom is -0.334 e. The first-order chi connectivity index (χ1) is 12.6. The maximum absolute atomic E-state index is 13.1. The molecular weight excluding hydrogens is 366 g/mol. The van der Waals surface area contributed by atoms with E-state index < -0.39 is 0 Å². The molecule has 3 rings (SSSR count). The Balaban J connectivity index is 1.94. The van der Waals surface area contributed by atoms with Crippen LogP contribution in [0.15, 0.2) is 48.5 Å². The van der Waals surface area contributed by atoms with Crippen LogP contribution < -0.4 is 9.80 Å². The number of nitrogens with zero attached hydrogens (tertiary/aromatic N) is 2. The highest BCUT2D eigenvalue weighted by Crippen LogP contribution is 2.31. The third-order valence-corrected chi connectivity index (χ3v) is 5.80. The molecule has 0 saturated carbocycles. The van der Waals surface area contributed by atoms with E-state index in [1.807, 2.05) is 48.5 Å². The molecule has 0 aliphatic carbocycles. The van der Waals surface area contributed by atoms with Crippen LogP contribution in [0.5, 0.6) is 0 Å². The number of anilines is 1. The van der Waals surface area contributed by atoms with E-state index >= 15 is 0 Å². The summed E-state index contributed by atoms with van der Waals surface area (Å²) in [5.41, 5.74) is 1.55. The number of amides is 1. The number of nitrogens with one attached hydrogen (secondary N) is 1. The summed E-state index contributed by atoms with van der Waals surface area (Å²) in [4.78, 5) is 21.1. The fraction of sp³-hybridized carbons (Fsp3) is 0.300. The van der Waals surface area contributed by atoms with Crippen LogP contribution in [-0.4, -0.2) is 37.1 Å². The lowest BCUT2D eigenvalue weighted by Crippen LogP contribution is -3.12. The van der Waals surface area contributed by atoms with Gasteiger partial charge in [-0.1, -0.05) is 41.1 Å². The largest absolute Gasteiger partial charge is 0.334 e. The van der Waals surface area contributed by atoms with Gasteiger partial charge in [0.1, 0.15) is 0 Å². The predicted molar refractivity (Wildman–Crippen MR) is 110 cm³/mol. The normalized spacial score (nSPS) is 11.2. The second-order valence-corrected chi connectivity index (χ2v) is 7.58. The first-order valence-corrected chi connectivity index (χ1v) is 10.1. The number of rotatable bonds is 7. The van der Waals surface area contributed by atoms with E-state index in [2.05, 4.69) is 18.8 Å². The minimum atomic E-state index is -0.0118. The highest BCUT2D eigenvalue weighted by Gasteiger charge is 2.22. The number of fused-ring (bicyclic) bond motifs is 1. The number of halogens is 1. The monoisotopic (exact) mass is 388 g/mol. The second kappa shape index (κ2) is 8.62. The summed E-state index contributed by atoms with van der Waals surface area (Å²) in [6, 6.07) is 15.0. The van der Waals surface area contributed by atoms with Crippen LogP contribution in [-0.2, 0) is 0 Å². The van der Waals surface area contributed by atoms with E-state index in [-0.39, 0.29) is 5.91 Å². The minimum absolute atomic E-state index is 0.0118. The molecule has 26 heavy (non-hydrogen) atoms. The number of hydrogen-bond acceptors (Lipinski definition) is 3. The summed E-state index contributed by atoms with van der Waals surface area (Å²) in [6.45, 7) is 7.95. The molecule has 136 valence electrons. The summed E-state index contributed by atoms with van der Waals surface area (Å²) in [5, 5.41) is 1.41. The molecule has 1 N–H and O–H groups in total. The van der Waals surface area contributed by atoms with Crippen LogP contribution in [0, 0.1) is 0 Å². The highest BCUT2D eigenvalue weighted by molar-refractivity contribution is 7.22. The topological polar surface area (TPSA) is 37.6 Å². The van der Waals surface area contributed by atoms with Gasteiger partial charge in [-0.25, -0.2) is 4.98 Å². The van der Waals surface area contributed by atoms with Crippen LogP contribution >= 0.6 is 22.9 Å². The van der Waals surface area contributed by atoms with Crippen LogP contribution in [0.2, 0.25) is 5.02 Å². The van der Waals surface area contributed by atoms with E-state index in [1.54, 1.807) is 4.90 Å². The van der Waals surface area contributed by atoms with Crippen molar-refractivity contribution in [2.75, 3.05) is 31.1 Å². The molecule has 0 unspecified atom stereocenters. The average molecular weight is 389 g/mol. The van der Waals surface area contributed by atoms with Gasteiger partial charge in [-0.05, 0) is 44.2 Å². The summed E-state index contributed by atoms with van der Waals surface area (Å²) in [6.07, 6.45) is 0. The van der Waals surface area contributed by atoms with Crippen LogP contribution in [0.1, 0.15) is 24.2 Å². The Bertz CT molecular complexity index is 877. The summed E-state index contributed by atoms with van der Waals surface area (Å²) >= 11 is 7.61. The zero-order valence-electron chi connectivity index (χ0n) is 15.0. The van der Waals surface area contributed by atoms with Crippen molar-refractivity contribution in [1.82, 2.24) is 4.98 Å². The number of aromatic nitrogens is 1. The lowest BCUT2D eigenvalue weighted by atomic mass is 10.2. The van der Waals surface area contributed by atoms with Crippen molar-refractivity contribution in [2.45, 2.75) is 13.8 Å². The van der Waals surface area contributed by atoms with Gasteiger partial charge in [0.2, 0.25) is 0 Å². The lowest BCUT2D eigenvalue weighted by Gasteiger charge is -2.23. The summed E-state index contributed by atoms with van der Waals surface area (Å²) in [5.74, 6) is -0.0118. The Morgan fingerprint density at radius 1 is 1.15 bits per heavy atom. The van der Waals surface area contributed by atoms with Crippen molar-refractivity contribution in [1.29, 1.82) is 0 Å². The molecule has 0 radical (unpaired) electrons. The quantitative estimate of drug-likeness (QED) is 0.672. The molecule has 1 amide bonds. The molecule has 0 atom stereocenters. The van der Waals surface area contributed by atoms with Crippen molar-refractivity contribution in [3.63, 3.8) is 0 Å². The van der Waals surface area contributed by atoms with Crippen molar-refractivity contribution in [3.05, 3.63) is 59.1 Å². The van der Waals surface area contributed by atoms with Crippen LogP contribution in [0.4, 0.5) is 5.13 Å². The molecule has 4 nitrogen and oxygen atoms in total. The Morgan fingerprint density at radius 2 is 1.88 bits per heavy atom. The van der Waals surface area contributed by atoms with Gasteiger partial charge in [0.15, 0.2) is 5.13 Å². The van der Waals surface area contributed by atoms with Crippen LogP contribution in [0.3, 0.4) is 0 Å². The summed E-state index contributed by atoms with van der Waals surface area (Å²) < 4.78 is 0.994. The van der Waals surface area contributed by atoms with Crippen molar-refractivity contribution in [2.24, 2.45) is 0 Å². The number of quaternary nitrogens is 1. The molecule has 0 saturated heterocycles. The second-order valence-electron chi connectivity index (χ2n) is 6.14. The Kier molecular flexibility index (Phi) is 6.25. The molecule has 0 aliphatic heterocycles. The standard InChI is InChI=1S/C20H22ClN3OS/c1-3-23(4-2)12-13-24(19(25)15-8-6-5-7-9-15)20-22-17-11-10-16(21)14-18(17)26-20/h5-11,14H,3-4,12-13H2,1-2H3/p+1. The number of carbonyl (C=O) groups is 1. The predicted octanol–water partition coefficient (Wildman–Crippen LogP) is 3.52. The zero-order chi connectivity index (χ0) is 18.5. The Hall–Kier alpha value is -1.95. The average Bonchev–Trinajstić information content (AvgIpc) is 3.08. The highest BCUT2D eigenvalue weighted by atomic mass is 35.5. The summed E-state index contributed by atoms with van der Waals surface area (Å²) in [7, 11) is 0. The molecular formula is C20H23ClN3OS+. The SMILES string of the molecule is CC[NH+](CC)CCN(C(=O)c1ccccc1)c1nc2ccc(Cl)cc2s1. The van der Waals surface area contributed by atoms with Gasteiger partial charge in [-0.2, -0.15) is 0 Å². The number of hydrogen-bond donors (Lipinski definition) is 1. The van der Waals surface area contributed by atoms with Gasteiger partial charge >= 0.3 is 0 Å². The molecule has 6 heteroatoms. The Morgan fingerprint density at radius 3 is 2.58 bits per heavy atom. The maximum atomic E-state index is 13.1. The molecule has 0 fully saturated rings. The van der Waals surface area contributed by atoms with Gasteiger partial charge in [-0.15, -0.1) is 0 Å². The lowest BCUT2D eigenvalue weighted by molar-refractivity contribution is -0.894.